The van der Waals surface area contributed by atoms with Gasteiger partial charge in [-0.2, -0.15) is 13.2 Å². The summed E-state index contributed by atoms with van der Waals surface area (Å²) in [7, 11) is -4.39. The van der Waals surface area contributed by atoms with Crippen molar-refractivity contribution < 1.29 is 26.4 Å². The molecule has 0 saturated heterocycles. The standard InChI is InChI=1S/C26H26ClF3N2O3S/c1-16-6-10-21(11-7-16)36(34,35)32(20-9-12-24(27)23(14-20)26(28,29)30)15-25(33)31-19(4)22-13-17(2)5-8-18(22)3/h5-14,19H,15H2,1-4H3,(H,31,33). The van der Waals surface area contributed by atoms with Crippen molar-refractivity contribution in [1.29, 1.82) is 0 Å². The van der Waals surface area contributed by atoms with Crippen LogP contribution in [0.15, 0.2) is 65.6 Å². The number of alkyl halides is 3. The van der Waals surface area contributed by atoms with Crippen LogP contribution in [0.3, 0.4) is 0 Å². The molecule has 1 unspecified atom stereocenters. The molecule has 0 aliphatic heterocycles. The van der Waals surface area contributed by atoms with Crippen molar-refractivity contribution in [2.24, 2.45) is 0 Å². The highest BCUT2D eigenvalue weighted by molar-refractivity contribution is 7.92. The third kappa shape index (κ3) is 6.20. The average Bonchev–Trinajstić information content (AvgIpc) is 2.79. The van der Waals surface area contributed by atoms with Gasteiger partial charge in [-0.1, -0.05) is 53.1 Å². The normalized spacial score (nSPS) is 12.8. The number of aryl methyl sites for hydroxylation is 3. The maximum Gasteiger partial charge on any atom is 0.417 e. The molecule has 0 spiro atoms. The van der Waals surface area contributed by atoms with Gasteiger partial charge in [0, 0.05) is 0 Å². The van der Waals surface area contributed by atoms with E-state index < -0.39 is 45.3 Å². The molecule has 1 N–H and O–H groups in total. The SMILES string of the molecule is Cc1ccc(S(=O)(=O)N(CC(=O)NC(C)c2cc(C)ccc2C)c2ccc(Cl)c(C(F)(F)F)c2)cc1. The Balaban J connectivity index is 2.01. The van der Waals surface area contributed by atoms with Gasteiger partial charge in [-0.25, -0.2) is 8.42 Å². The maximum atomic E-state index is 13.5. The minimum atomic E-state index is -4.81. The summed E-state index contributed by atoms with van der Waals surface area (Å²) in [5.41, 5.74) is 2.04. The first-order valence-corrected chi connectivity index (χ1v) is 12.8. The molecule has 3 aromatic rings. The second-order valence-electron chi connectivity index (χ2n) is 8.64. The number of halogens is 4. The zero-order chi connectivity index (χ0) is 26.8. The van der Waals surface area contributed by atoms with Crippen LogP contribution < -0.4 is 9.62 Å². The number of rotatable bonds is 7. The van der Waals surface area contributed by atoms with Crippen LogP contribution in [0.5, 0.6) is 0 Å². The van der Waals surface area contributed by atoms with Gasteiger partial charge >= 0.3 is 6.18 Å². The number of sulfonamides is 1. The van der Waals surface area contributed by atoms with E-state index in [-0.39, 0.29) is 10.6 Å². The summed E-state index contributed by atoms with van der Waals surface area (Å²) in [5, 5.41) is 2.18. The molecule has 0 aromatic heterocycles. The highest BCUT2D eigenvalue weighted by Gasteiger charge is 2.35. The molecule has 10 heteroatoms. The van der Waals surface area contributed by atoms with E-state index in [1.165, 1.54) is 12.1 Å². The minimum absolute atomic E-state index is 0.160. The van der Waals surface area contributed by atoms with Crippen molar-refractivity contribution in [3.63, 3.8) is 0 Å². The molecule has 0 bridgehead atoms. The van der Waals surface area contributed by atoms with E-state index in [1.807, 2.05) is 32.0 Å². The average molecular weight is 539 g/mol. The van der Waals surface area contributed by atoms with Crippen molar-refractivity contribution in [2.75, 3.05) is 10.8 Å². The fourth-order valence-corrected chi connectivity index (χ4v) is 5.40. The van der Waals surface area contributed by atoms with Crippen LogP contribution in [-0.4, -0.2) is 20.9 Å². The molecule has 1 amide bonds. The van der Waals surface area contributed by atoms with Crippen molar-refractivity contribution in [3.05, 3.63) is 93.5 Å². The molecule has 36 heavy (non-hydrogen) atoms. The van der Waals surface area contributed by atoms with E-state index in [4.69, 9.17) is 11.6 Å². The predicted octanol–water partition coefficient (Wildman–Crippen LogP) is 6.36. The second kappa shape index (κ2) is 10.5. The van der Waals surface area contributed by atoms with E-state index in [9.17, 15) is 26.4 Å². The molecule has 5 nitrogen and oxygen atoms in total. The predicted molar refractivity (Wildman–Crippen MR) is 135 cm³/mol. The van der Waals surface area contributed by atoms with Gasteiger partial charge in [-0.05, 0) is 69.2 Å². The van der Waals surface area contributed by atoms with Gasteiger partial charge in [0.1, 0.15) is 6.54 Å². The largest absolute Gasteiger partial charge is 0.417 e. The minimum Gasteiger partial charge on any atom is -0.348 e. The third-order valence-electron chi connectivity index (χ3n) is 5.72. The van der Waals surface area contributed by atoms with E-state index in [0.717, 1.165) is 34.4 Å². The van der Waals surface area contributed by atoms with Crippen LogP contribution >= 0.6 is 11.6 Å². The summed E-state index contributed by atoms with van der Waals surface area (Å²) >= 11 is 5.74. The summed E-state index contributed by atoms with van der Waals surface area (Å²) in [6.07, 6.45) is -4.81. The Morgan fingerprint density at radius 2 is 1.58 bits per heavy atom. The first kappa shape index (κ1) is 27.5. The fraction of sp³-hybridized carbons (Fsp3) is 0.269. The highest BCUT2D eigenvalue weighted by atomic mass is 35.5. The first-order valence-electron chi connectivity index (χ1n) is 11.0. The van der Waals surface area contributed by atoms with Gasteiger partial charge in [-0.15, -0.1) is 0 Å². The monoisotopic (exact) mass is 538 g/mol. The van der Waals surface area contributed by atoms with Crippen LogP contribution in [0.25, 0.3) is 0 Å². The molecule has 192 valence electrons. The number of carbonyl (C=O) groups excluding carboxylic acids is 1. The number of hydrogen-bond donors (Lipinski definition) is 1. The van der Waals surface area contributed by atoms with Crippen molar-refractivity contribution in [2.45, 2.75) is 44.8 Å². The summed E-state index contributed by atoms with van der Waals surface area (Å²) in [6, 6.07) is 13.9. The molecule has 0 aliphatic rings. The lowest BCUT2D eigenvalue weighted by Gasteiger charge is -2.26. The molecule has 1 atom stereocenters. The van der Waals surface area contributed by atoms with Gasteiger partial charge in [0.15, 0.2) is 0 Å². The van der Waals surface area contributed by atoms with Crippen molar-refractivity contribution in [3.8, 4) is 0 Å². The molecular formula is C26H26ClF3N2O3S. The third-order valence-corrected chi connectivity index (χ3v) is 7.84. The van der Waals surface area contributed by atoms with Gasteiger partial charge < -0.3 is 5.32 Å². The number of nitrogens with one attached hydrogen (secondary N) is 1. The number of amides is 1. The first-order chi connectivity index (χ1) is 16.7. The molecular weight excluding hydrogens is 513 g/mol. The Morgan fingerprint density at radius 3 is 2.19 bits per heavy atom. The molecule has 0 radical (unpaired) electrons. The summed E-state index contributed by atoms with van der Waals surface area (Å²) in [6.45, 7) is 6.59. The molecule has 0 aliphatic carbocycles. The Kier molecular flexibility index (Phi) is 8.05. The zero-order valence-electron chi connectivity index (χ0n) is 20.2. The highest BCUT2D eigenvalue weighted by Crippen LogP contribution is 2.38. The Hall–Kier alpha value is -3.04. The van der Waals surface area contributed by atoms with Gasteiger partial charge in [0.2, 0.25) is 5.91 Å². The number of nitrogens with zero attached hydrogens (tertiary/aromatic N) is 1. The topological polar surface area (TPSA) is 66.5 Å². The van der Waals surface area contributed by atoms with E-state index in [1.54, 1.807) is 26.0 Å². The van der Waals surface area contributed by atoms with Gasteiger partial charge in [0.05, 0.1) is 27.2 Å². The maximum absolute atomic E-state index is 13.5. The van der Waals surface area contributed by atoms with Crippen molar-refractivity contribution >= 4 is 33.2 Å². The van der Waals surface area contributed by atoms with Crippen LogP contribution in [0.4, 0.5) is 18.9 Å². The number of carbonyl (C=O) groups is 1. The van der Waals surface area contributed by atoms with Crippen molar-refractivity contribution in [1.82, 2.24) is 5.32 Å². The lowest BCUT2D eigenvalue weighted by molar-refractivity contribution is -0.137. The smallest absolute Gasteiger partial charge is 0.348 e. The summed E-state index contributed by atoms with van der Waals surface area (Å²) in [5.74, 6) is -0.678. The van der Waals surface area contributed by atoms with E-state index in [0.29, 0.717) is 10.4 Å². The van der Waals surface area contributed by atoms with Crippen LogP contribution in [0.2, 0.25) is 5.02 Å². The summed E-state index contributed by atoms with van der Waals surface area (Å²) < 4.78 is 68.2. The lowest BCUT2D eigenvalue weighted by atomic mass is 10.00. The summed E-state index contributed by atoms with van der Waals surface area (Å²) in [4.78, 5) is 12.9. The number of benzene rings is 3. The molecule has 3 rings (SSSR count). The fourth-order valence-electron chi connectivity index (χ4n) is 3.76. The van der Waals surface area contributed by atoms with Gasteiger partial charge in [-0.3, -0.25) is 9.10 Å². The molecule has 3 aromatic carbocycles. The zero-order valence-corrected chi connectivity index (χ0v) is 21.7. The Labute approximate surface area is 213 Å². The van der Waals surface area contributed by atoms with E-state index >= 15 is 0 Å². The van der Waals surface area contributed by atoms with Crippen LogP contribution in [0.1, 0.15) is 40.8 Å². The number of hydrogen-bond acceptors (Lipinski definition) is 3. The number of anilines is 1. The van der Waals surface area contributed by atoms with Gasteiger partial charge in [0.25, 0.3) is 10.0 Å². The van der Waals surface area contributed by atoms with E-state index in [2.05, 4.69) is 5.32 Å². The molecule has 0 fully saturated rings. The molecule has 0 saturated carbocycles. The van der Waals surface area contributed by atoms with Crippen LogP contribution in [0, 0.1) is 20.8 Å². The quantitative estimate of drug-likeness (QED) is 0.381. The molecule has 0 heterocycles. The lowest BCUT2D eigenvalue weighted by Crippen LogP contribution is -2.41. The Morgan fingerprint density at radius 1 is 0.972 bits per heavy atom. The van der Waals surface area contributed by atoms with Crippen LogP contribution in [-0.2, 0) is 21.0 Å². The Bertz CT molecular complexity index is 1370. The second-order valence-corrected chi connectivity index (χ2v) is 10.9.